The van der Waals surface area contributed by atoms with E-state index in [1.54, 1.807) is 6.07 Å². The van der Waals surface area contributed by atoms with E-state index in [9.17, 15) is 9.90 Å². The van der Waals surface area contributed by atoms with Gasteiger partial charge >= 0.3 is 0 Å². The van der Waals surface area contributed by atoms with Crippen molar-refractivity contribution in [3.8, 4) is 23.0 Å². The quantitative estimate of drug-likeness (QED) is 0.482. The first-order valence-corrected chi connectivity index (χ1v) is 8.21. The minimum Gasteiger partial charge on any atom is -0.507 e. The molecule has 2 heterocycles. The molecule has 0 spiro atoms. The Morgan fingerprint density at radius 3 is 2.77 bits per heavy atom. The molecule has 0 unspecified atom stereocenters. The van der Waals surface area contributed by atoms with Gasteiger partial charge in [-0.25, -0.2) is 0 Å². The summed E-state index contributed by atoms with van der Waals surface area (Å²) in [6.45, 7) is 1.07. The van der Waals surface area contributed by atoms with Crippen LogP contribution < -0.4 is 14.2 Å². The first-order chi connectivity index (χ1) is 12.7. The number of hydrogen-bond donors (Lipinski definition) is 1. The number of Topliss-reactive ketones (excluding diaryl/α,β-unsaturated/α-hetero) is 1. The fourth-order valence-corrected chi connectivity index (χ4v) is 2.88. The van der Waals surface area contributed by atoms with Gasteiger partial charge in [0.2, 0.25) is 0 Å². The van der Waals surface area contributed by atoms with E-state index in [0.29, 0.717) is 30.5 Å². The van der Waals surface area contributed by atoms with Crippen molar-refractivity contribution in [2.24, 2.45) is 0 Å². The highest BCUT2D eigenvalue weighted by molar-refractivity contribution is 6.03. The number of epoxide rings is 1. The van der Waals surface area contributed by atoms with Gasteiger partial charge in [0.1, 0.15) is 30.8 Å². The third kappa shape index (κ3) is 3.18. The molecule has 1 fully saturated rings. The van der Waals surface area contributed by atoms with Gasteiger partial charge in [-0.1, -0.05) is 6.07 Å². The summed E-state index contributed by atoms with van der Waals surface area (Å²) in [6, 6.07) is 9.95. The third-order valence-corrected chi connectivity index (χ3v) is 4.22. The third-order valence-electron chi connectivity index (χ3n) is 4.22. The number of ether oxygens (including phenoxy) is 5. The first kappa shape index (κ1) is 16.7. The molecule has 0 saturated carbocycles. The highest BCUT2D eigenvalue weighted by Gasteiger charge is 2.47. The molecule has 0 aliphatic carbocycles. The molecule has 1 saturated heterocycles. The average molecular weight is 358 g/mol. The molecule has 2 aromatic carbocycles. The van der Waals surface area contributed by atoms with Gasteiger partial charge < -0.3 is 28.8 Å². The number of carbonyl (C=O) groups is 1. The summed E-state index contributed by atoms with van der Waals surface area (Å²) in [5.41, 5.74) is 0.988. The van der Waals surface area contributed by atoms with Gasteiger partial charge in [-0.15, -0.1) is 0 Å². The Morgan fingerprint density at radius 1 is 1.15 bits per heavy atom. The zero-order valence-electron chi connectivity index (χ0n) is 14.1. The smallest absolute Gasteiger partial charge is 0.198 e. The standard InChI is InChI=1S/C19H18O7/c1-22-10-25-12-3-4-14(20)13(9-12)17(21)19-18(26-19)11-2-5-15-16(8-11)24-7-6-23-15/h2-5,8-9,18-20H,6-7,10H2,1H3/t18-,19-/m0/s1. The molecule has 2 aliphatic heterocycles. The molecule has 0 bridgehead atoms. The molecule has 1 N–H and O–H groups in total. The largest absolute Gasteiger partial charge is 0.507 e. The second kappa shape index (κ2) is 6.86. The Hall–Kier alpha value is -2.77. The molecule has 0 aromatic heterocycles. The molecule has 2 atom stereocenters. The van der Waals surface area contributed by atoms with E-state index < -0.39 is 6.10 Å². The van der Waals surface area contributed by atoms with Crippen molar-refractivity contribution < 1.29 is 33.6 Å². The Labute approximate surface area is 150 Å². The van der Waals surface area contributed by atoms with Gasteiger partial charge in [0.15, 0.2) is 30.2 Å². The highest BCUT2D eigenvalue weighted by atomic mass is 16.7. The SMILES string of the molecule is COCOc1ccc(O)c(C(=O)[C@@H]2O[C@H]2c2ccc3c(c2)OCCO3)c1. The normalized spacial score (nSPS) is 20.5. The van der Waals surface area contributed by atoms with Crippen molar-refractivity contribution in [2.45, 2.75) is 12.2 Å². The van der Waals surface area contributed by atoms with Crippen LogP contribution in [0.2, 0.25) is 0 Å². The summed E-state index contributed by atoms with van der Waals surface area (Å²) in [5.74, 6) is 1.35. The Balaban J connectivity index is 1.50. The Morgan fingerprint density at radius 2 is 1.96 bits per heavy atom. The van der Waals surface area contributed by atoms with Gasteiger partial charge in [0.25, 0.3) is 0 Å². The predicted molar refractivity (Wildman–Crippen MR) is 90.0 cm³/mol. The fraction of sp³-hybridized carbons (Fsp3) is 0.316. The zero-order chi connectivity index (χ0) is 18.1. The molecule has 2 aromatic rings. The molecular formula is C19H18O7. The number of methoxy groups -OCH3 is 1. The predicted octanol–water partition coefficient (Wildman–Crippen LogP) is 2.47. The van der Waals surface area contributed by atoms with Crippen molar-refractivity contribution in [3.63, 3.8) is 0 Å². The van der Waals surface area contributed by atoms with Crippen molar-refractivity contribution in [3.05, 3.63) is 47.5 Å². The molecular weight excluding hydrogens is 340 g/mol. The average Bonchev–Trinajstić information content (AvgIpc) is 3.47. The van der Waals surface area contributed by atoms with Crippen LogP contribution >= 0.6 is 0 Å². The molecule has 136 valence electrons. The number of phenols is 1. The van der Waals surface area contributed by atoms with Crippen LogP contribution in [0.15, 0.2) is 36.4 Å². The van der Waals surface area contributed by atoms with Crippen molar-refractivity contribution in [2.75, 3.05) is 27.1 Å². The van der Waals surface area contributed by atoms with Gasteiger partial charge in [-0.2, -0.15) is 0 Å². The van der Waals surface area contributed by atoms with Crippen molar-refractivity contribution in [1.82, 2.24) is 0 Å². The van der Waals surface area contributed by atoms with Gasteiger partial charge in [-0.05, 0) is 35.9 Å². The lowest BCUT2D eigenvalue weighted by molar-refractivity contribution is 0.0509. The summed E-state index contributed by atoms with van der Waals surface area (Å²) >= 11 is 0. The van der Waals surface area contributed by atoms with E-state index in [1.165, 1.54) is 19.2 Å². The lowest BCUT2D eigenvalue weighted by Crippen LogP contribution is -2.15. The number of rotatable bonds is 6. The highest BCUT2D eigenvalue weighted by Crippen LogP contribution is 2.44. The van der Waals surface area contributed by atoms with Crippen LogP contribution in [0.5, 0.6) is 23.0 Å². The van der Waals surface area contributed by atoms with Crippen molar-refractivity contribution >= 4 is 5.78 Å². The number of ketones is 1. The molecule has 4 rings (SSSR count). The van der Waals surface area contributed by atoms with Crippen LogP contribution in [0.4, 0.5) is 0 Å². The Kier molecular flexibility index (Phi) is 4.40. The number of aromatic hydroxyl groups is 1. The molecule has 0 amide bonds. The summed E-state index contributed by atoms with van der Waals surface area (Å²) in [5, 5.41) is 10.0. The van der Waals surface area contributed by atoms with E-state index in [0.717, 1.165) is 5.56 Å². The second-order valence-electron chi connectivity index (χ2n) is 5.97. The summed E-state index contributed by atoms with van der Waals surface area (Å²) in [7, 11) is 1.50. The van der Waals surface area contributed by atoms with Crippen LogP contribution in [0.3, 0.4) is 0 Å². The minimum absolute atomic E-state index is 0.0537. The van der Waals surface area contributed by atoms with Crippen LogP contribution in [0.25, 0.3) is 0 Å². The molecule has 0 radical (unpaired) electrons. The summed E-state index contributed by atoms with van der Waals surface area (Å²) < 4.78 is 26.8. The number of fused-ring (bicyclic) bond motifs is 1. The monoisotopic (exact) mass is 358 g/mol. The maximum absolute atomic E-state index is 12.7. The molecule has 2 aliphatic rings. The topological polar surface area (TPSA) is 86.8 Å². The van der Waals surface area contributed by atoms with Gasteiger partial charge in [0.05, 0.1) is 5.56 Å². The van der Waals surface area contributed by atoms with Crippen LogP contribution in [0.1, 0.15) is 22.0 Å². The molecule has 7 heteroatoms. The molecule has 26 heavy (non-hydrogen) atoms. The zero-order valence-corrected chi connectivity index (χ0v) is 14.1. The van der Waals surface area contributed by atoms with Crippen LogP contribution in [-0.2, 0) is 9.47 Å². The van der Waals surface area contributed by atoms with E-state index in [4.69, 9.17) is 23.7 Å². The minimum atomic E-state index is -0.652. The number of carbonyl (C=O) groups excluding carboxylic acids is 1. The van der Waals surface area contributed by atoms with Gasteiger partial charge in [-0.3, -0.25) is 4.79 Å². The summed E-state index contributed by atoms with van der Waals surface area (Å²) in [4.78, 5) is 12.7. The van der Waals surface area contributed by atoms with E-state index in [1.807, 2.05) is 18.2 Å². The number of phenolic OH excluding ortho intramolecular Hbond substituents is 1. The first-order valence-electron chi connectivity index (χ1n) is 8.21. The van der Waals surface area contributed by atoms with E-state index in [-0.39, 0.29) is 30.0 Å². The second-order valence-corrected chi connectivity index (χ2v) is 5.97. The fourth-order valence-electron chi connectivity index (χ4n) is 2.88. The lowest BCUT2D eigenvalue weighted by Gasteiger charge is -2.18. The Bertz CT molecular complexity index is 833. The summed E-state index contributed by atoms with van der Waals surface area (Å²) in [6.07, 6.45) is -1.03. The van der Waals surface area contributed by atoms with E-state index in [2.05, 4.69) is 0 Å². The maximum atomic E-state index is 12.7. The lowest BCUT2D eigenvalue weighted by atomic mass is 10.0. The molecule has 7 nitrogen and oxygen atoms in total. The van der Waals surface area contributed by atoms with E-state index >= 15 is 0 Å². The van der Waals surface area contributed by atoms with Crippen LogP contribution in [-0.4, -0.2) is 44.1 Å². The van der Waals surface area contributed by atoms with Crippen molar-refractivity contribution in [1.29, 1.82) is 0 Å². The number of hydrogen-bond acceptors (Lipinski definition) is 7. The number of benzene rings is 2. The maximum Gasteiger partial charge on any atom is 0.198 e. The van der Waals surface area contributed by atoms with Gasteiger partial charge in [0, 0.05) is 7.11 Å². The van der Waals surface area contributed by atoms with Crippen LogP contribution in [0, 0.1) is 0 Å².